The van der Waals surface area contributed by atoms with Gasteiger partial charge in [-0.15, -0.1) is 0 Å². The fourth-order valence-corrected chi connectivity index (χ4v) is 1.70. The van der Waals surface area contributed by atoms with Crippen molar-refractivity contribution in [3.63, 3.8) is 0 Å². The van der Waals surface area contributed by atoms with Crippen LogP contribution < -0.4 is 5.56 Å². The molecule has 0 bridgehead atoms. The predicted octanol–water partition coefficient (Wildman–Crippen LogP) is 0.0631. The van der Waals surface area contributed by atoms with Gasteiger partial charge >= 0.3 is 14.0 Å². The van der Waals surface area contributed by atoms with Crippen molar-refractivity contribution in [2.75, 3.05) is 0 Å². The Hall–Kier alpha value is -2.44. The average Bonchev–Trinajstić information content (AvgIpc) is 2.43. The normalized spacial score (nSPS) is 11.8. The van der Waals surface area contributed by atoms with E-state index in [1.165, 1.54) is 50.6 Å². The molecule has 0 saturated carbocycles. The Labute approximate surface area is 109 Å². The molecule has 1 aromatic heterocycles. The number of hydrogen-bond acceptors (Lipinski definition) is 4. The standard InChI is InChI=1S/C12H10BFN2O3/c13-19-12(18)11(8-3-5-9(14)6-4-8)16-10(17)2-1-7-15-16/h1-7,11H,13H2. The van der Waals surface area contributed by atoms with E-state index in [-0.39, 0.29) is 0 Å². The average molecular weight is 260 g/mol. The van der Waals surface area contributed by atoms with Gasteiger partial charge < -0.3 is 4.65 Å². The largest absolute Gasteiger partial charge is 0.542 e. The quantitative estimate of drug-likeness (QED) is 0.732. The lowest BCUT2D eigenvalue weighted by Gasteiger charge is -2.16. The Morgan fingerprint density at radius 1 is 1.32 bits per heavy atom. The zero-order chi connectivity index (χ0) is 13.8. The molecule has 1 aromatic carbocycles. The van der Waals surface area contributed by atoms with E-state index in [2.05, 4.69) is 9.75 Å². The topological polar surface area (TPSA) is 61.2 Å². The van der Waals surface area contributed by atoms with Crippen molar-refractivity contribution in [3.8, 4) is 0 Å². The van der Waals surface area contributed by atoms with Crippen LogP contribution in [0.1, 0.15) is 11.6 Å². The minimum atomic E-state index is -1.03. The van der Waals surface area contributed by atoms with Crippen molar-refractivity contribution < 1.29 is 13.8 Å². The van der Waals surface area contributed by atoms with Crippen molar-refractivity contribution in [1.29, 1.82) is 0 Å². The fraction of sp³-hybridized carbons (Fsp3) is 0.0833. The molecule has 0 radical (unpaired) electrons. The molecule has 0 aliphatic carbocycles. The lowest BCUT2D eigenvalue weighted by Crippen LogP contribution is -2.32. The third-order valence-corrected chi connectivity index (χ3v) is 2.60. The van der Waals surface area contributed by atoms with Gasteiger partial charge in [-0.25, -0.2) is 9.07 Å². The summed E-state index contributed by atoms with van der Waals surface area (Å²) in [4.78, 5) is 23.6. The highest BCUT2D eigenvalue weighted by Gasteiger charge is 2.24. The Kier molecular flexibility index (Phi) is 3.75. The zero-order valence-electron chi connectivity index (χ0n) is 10.1. The number of benzene rings is 1. The van der Waals surface area contributed by atoms with Gasteiger partial charge in [0.1, 0.15) is 5.82 Å². The van der Waals surface area contributed by atoms with E-state index in [1.807, 2.05) is 0 Å². The van der Waals surface area contributed by atoms with E-state index >= 15 is 0 Å². The first-order valence-corrected chi connectivity index (χ1v) is 5.50. The molecule has 1 atom stereocenters. The number of carbonyl (C=O) groups excluding carboxylic acids is 1. The second-order valence-corrected chi connectivity index (χ2v) is 3.78. The van der Waals surface area contributed by atoms with Gasteiger partial charge in [0.05, 0.1) is 0 Å². The molecule has 2 aromatic rings. The lowest BCUT2D eigenvalue weighted by molar-refractivity contribution is -0.136. The Bertz CT molecular complexity index is 642. The molecule has 1 heterocycles. The van der Waals surface area contributed by atoms with Gasteiger partial charge in [-0.2, -0.15) is 5.10 Å². The van der Waals surface area contributed by atoms with Crippen LogP contribution in [0, 0.1) is 5.82 Å². The van der Waals surface area contributed by atoms with Crippen LogP contribution in [-0.2, 0) is 9.45 Å². The maximum Gasteiger partial charge on any atom is 0.326 e. The molecule has 0 amide bonds. The molecule has 19 heavy (non-hydrogen) atoms. The molecular weight excluding hydrogens is 250 g/mol. The summed E-state index contributed by atoms with van der Waals surface area (Å²) >= 11 is 0. The smallest absolute Gasteiger partial charge is 0.326 e. The number of nitrogens with zero attached hydrogens (tertiary/aromatic N) is 2. The molecule has 1 unspecified atom stereocenters. The molecule has 5 nitrogen and oxygen atoms in total. The monoisotopic (exact) mass is 260 g/mol. The number of halogens is 1. The maximum atomic E-state index is 12.9. The first-order chi connectivity index (χ1) is 9.13. The van der Waals surface area contributed by atoms with Crippen LogP contribution in [0.25, 0.3) is 0 Å². The van der Waals surface area contributed by atoms with Crippen molar-refractivity contribution in [2.45, 2.75) is 6.04 Å². The summed E-state index contributed by atoms with van der Waals surface area (Å²) in [6.07, 6.45) is 1.39. The number of aromatic nitrogens is 2. The van der Waals surface area contributed by atoms with Gasteiger partial charge in [0.2, 0.25) is 0 Å². The van der Waals surface area contributed by atoms with Crippen LogP contribution >= 0.6 is 0 Å². The SMILES string of the molecule is BOC(=O)C(c1ccc(F)cc1)n1ncccc1=O. The van der Waals surface area contributed by atoms with Gasteiger partial charge in [0.25, 0.3) is 5.56 Å². The lowest BCUT2D eigenvalue weighted by atomic mass is 10.1. The number of rotatable bonds is 3. The second-order valence-electron chi connectivity index (χ2n) is 3.78. The van der Waals surface area contributed by atoms with E-state index in [0.29, 0.717) is 5.56 Å². The van der Waals surface area contributed by atoms with E-state index in [9.17, 15) is 14.0 Å². The van der Waals surface area contributed by atoms with Crippen LogP contribution in [0.5, 0.6) is 0 Å². The molecule has 0 aliphatic rings. The van der Waals surface area contributed by atoms with E-state index in [0.717, 1.165) is 4.68 Å². The second kappa shape index (κ2) is 5.47. The highest BCUT2D eigenvalue weighted by atomic mass is 19.1. The number of carbonyl (C=O) groups is 1. The van der Waals surface area contributed by atoms with Gasteiger partial charge in [-0.3, -0.25) is 9.59 Å². The zero-order valence-corrected chi connectivity index (χ0v) is 10.1. The number of hydrogen-bond donors (Lipinski definition) is 0. The molecule has 7 heteroatoms. The van der Waals surface area contributed by atoms with Crippen LogP contribution in [-0.4, -0.2) is 23.8 Å². The van der Waals surface area contributed by atoms with Gasteiger partial charge in [0.15, 0.2) is 6.04 Å². The van der Waals surface area contributed by atoms with Gasteiger partial charge in [-0.1, -0.05) is 12.1 Å². The Morgan fingerprint density at radius 3 is 2.58 bits per heavy atom. The van der Waals surface area contributed by atoms with Crippen LogP contribution in [0.2, 0.25) is 0 Å². The van der Waals surface area contributed by atoms with Gasteiger partial charge in [-0.05, 0) is 23.8 Å². The first kappa shape index (κ1) is 13.0. The Morgan fingerprint density at radius 2 is 2.00 bits per heavy atom. The molecule has 0 fully saturated rings. The van der Waals surface area contributed by atoms with E-state index in [1.54, 1.807) is 0 Å². The summed E-state index contributed by atoms with van der Waals surface area (Å²) in [5, 5.41) is 3.86. The highest BCUT2D eigenvalue weighted by Crippen LogP contribution is 2.17. The molecule has 2 rings (SSSR count). The van der Waals surface area contributed by atoms with Crippen molar-refractivity contribution in [1.82, 2.24) is 9.78 Å². The minimum absolute atomic E-state index is 0.425. The summed E-state index contributed by atoms with van der Waals surface area (Å²) in [5.74, 6) is -1.08. The minimum Gasteiger partial charge on any atom is -0.542 e. The summed E-state index contributed by atoms with van der Waals surface area (Å²) in [5.41, 5.74) is -0.0173. The first-order valence-electron chi connectivity index (χ1n) is 5.50. The third kappa shape index (κ3) is 2.70. The van der Waals surface area contributed by atoms with Gasteiger partial charge in [0, 0.05) is 12.3 Å². The summed E-state index contributed by atoms with van der Waals surface area (Å²) < 4.78 is 18.6. The third-order valence-electron chi connectivity index (χ3n) is 2.60. The van der Waals surface area contributed by atoms with Crippen molar-refractivity contribution in [3.05, 3.63) is 64.3 Å². The summed E-state index contributed by atoms with van der Waals surface area (Å²) in [6, 6.07) is 6.97. The maximum absolute atomic E-state index is 12.9. The van der Waals surface area contributed by atoms with Crippen LogP contribution in [0.3, 0.4) is 0 Å². The van der Waals surface area contributed by atoms with E-state index in [4.69, 9.17) is 0 Å². The van der Waals surface area contributed by atoms with Crippen molar-refractivity contribution >= 4 is 14.0 Å². The molecule has 0 saturated heterocycles. The van der Waals surface area contributed by atoms with Crippen LogP contribution in [0.15, 0.2) is 47.4 Å². The Balaban J connectivity index is 2.54. The molecule has 0 aliphatic heterocycles. The fourth-order valence-electron chi connectivity index (χ4n) is 1.70. The van der Waals surface area contributed by atoms with E-state index < -0.39 is 23.4 Å². The highest BCUT2D eigenvalue weighted by molar-refractivity contribution is 6.06. The summed E-state index contributed by atoms with van der Waals surface area (Å²) in [6.45, 7) is 0. The molecular formula is C12H10BFN2O3. The predicted molar refractivity (Wildman–Crippen MR) is 67.7 cm³/mol. The summed E-state index contributed by atoms with van der Waals surface area (Å²) in [7, 11) is 1.22. The molecule has 0 N–H and O–H groups in total. The molecule has 96 valence electrons. The van der Waals surface area contributed by atoms with Crippen LogP contribution in [0.4, 0.5) is 4.39 Å². The molecule has 0 spiro atoms. The van der Waals surface area contributed by atoms with Crippen molar-refractivity contribution in [2.24, 2.45) is 0 Å².